The third kappa shape index (κ3) is 3.01. The van der Waals surface area contributed by atoms with E-state index in [9.17, 15) is 0 Å². The Morgan fingerprint density at radius 3 is 2.71 bits per heavy atom. The zero-order valence-corrected chi connectivity index (χ0v) is 10.2. The lowest BCUT2D eigenvalue weighted by Crippen LogP contribution is -2.38. The van der Waals surface area contributed by atoms with E-state index in [2.05, 4.69) is 20.2 Å². The summed E-state index contributed by atoms with van der Waals surface area (Å²) < 4.78 is 0. The molecule has 1 aliphatic heterocycles. The molecule has 1 aromatic rings. The van der Waals surface area contributed by atoms with E-state index in [1.165, 1.54) is 32.2 Å². The standard InChI is InChI=1S/C13H20N4/c1-3-11(14-6-1)9-17(12-4-5-12)10-13-15-7-2-8-16-13/h2,7-8,11-12,14H,1,3-6,9-10H2. The highest BCUT2D eigenvalue weighted by atomic mass is 15.2. The summed E-state index contributed by atoms with van der Waals surface area (Å²) in [6, 6.07) is 3.34. The van der Waals surface area contributed by atoms with Gasteiger partial charge in [0.2, 0.25) is 0 Å². The predicted molar refractivity (Wildman–Crippen MR) is 66.5 cm³/mol. The minimum Gasteiger partial charge on any atom is -0.313 e. The summed E-state index contributed by atoms with van der Waals surface area (Å²) in [5.74, 6) is 0.956. The van der Waals surface area contributed by atoms with Gasteiger partial charge in [-0.05, 0) is 38.3 Å². The lowest BCUT2D eigenvalue weighted by molar-refractivity contribution is 0.225. The normalized spacial score (nSPS) is 24.4. The van der Waals surface area contributed by atoms with Gasteiger partial charge in [-0.1, -0.05) is 0 Å². The van der Waals surface area contributed by atoms with Crippen molar-refractivity contribution in [3.05, 3.63) is 24.3 Å². The first kappa shape index (κ1) is 11.1. The van der Waals surface area contributed by atoms with Crippen LogP contribution in [0.15, 0.2) is 18.5 Å². The Balaban J connectivity index is 1.60. The summed E-state index contributed by atoms with van der Waals surface area (Å²) in [4.78, 5) is 11.2. The third-order valence-corrected chi connectivity index (χ3v) is 3.64. The third-order valence-electron chi connectivity index (χ3n) is 3.64. The molecule has 17 heavy (non-hydrogen) atoms. The lowest BCUT2D eigenvalue weighted by Gasteiger charge is -2.24. The van der Waals surface area contributed by atoms with Crippen molar-refractivity contribution in [3.8, 4) is 0 Å². The molecule has 4 heteroatoms. The first-order chi connectivity index (χ1) is 8.42. The van der Waals surface area contributed by atoms with E-state index >= 15 is 0 Å². The van der Waals surface area contributed by atoms with Crippen molar-refractivity contribution in [2.75, 3.05) is 13.1 Å². The Hall–Kier alpha value is -1.00. The average molecular weight is 232 g/mol. The minimum absolute atomic E-state index is 0.680. The maximum Gasteiger partial charge on any atom is 0.142 e. The molecule has 1 aromatic heterocycles. The van der Waals surface area contributed by atoms with Gasteiger partial charge < -0.3 is 5.32 Å². The number of hydrogen-bond acceptors (Lipinski definition) is 4. The molecule has 0 spiro atoms. The first-order valence-electron chi connectivity index (χ1n) is 6.65. The summed E-state index contributed by atoms with van der Waals surface area (Å²) in [6.45, 7) is 3.25. The maximum atomic E-state index is 4.33. The molecule has 2 heterocycles. The van der Waals surface area contributed by atoms with E-state index in [0.29, 0.717) is 6.04 Å². The van der Waals surface area contributed by atoms with Gasteiger partial charge >= 0.3 is 0 Å². The SMILES string of the molecule is c1cnc(CN(CC2CCCN2)C2CC2)nc1. The summed E-state index contributed by atoms with van der Waals surface area (Å²) in [5.41, 5.74) is 0. The monoisotopic (exact) mass is 232 g/mol. The average Bonchev–Trinajstić information content (AvgIpc) is 3.09. The molecule has 2 fully saturated rings. The van der Waals surface area contributed by atoms with Crippen LogP contribution in [0.1, 0.15) is 31.5 Å². The van der Waals surface area contributed by atoms with Crippen LogP contribution in [-0.2, 0) is 6.54 Å². The van der Waals surface area contributed by atoms with Gasteiger partial charge in [0, 0.05) is 31.0 Å². The molecule has 3 rings (SSSR count). The van der Waals surface area contributed by atoms with E-state index in [1.807, 2.05) is 18.5 Å². The second-order valence-corrected chi connectivity index (χ2v) is 5.12. The number of rotatable bonds is 5. The fraction of sp³-hybridized carbons (Fsp3) is 0.692. The van der Waals surface area contributed by atoms with Gasteiger partial charge in [-0.2, -0.15) is 0 Å². The van der Waals surface area contributed by atoms with E-state index < -0.39 is 0 Å². The first-order valence-corrected chi connectivity index (χ1v) is 6.65. The summed E-state index contributed by atoms with van der Waals surface area (Å²) >= 11 is 0. The number of hydrogen-bond donors (Lipinski definition) is 1. The van der Waals surface area contributed by atoms with Crippen LogP contribution in [0.5, 0.6) is 0 Å². The number of nitrogens with one attached hydrogen (secondary N) is 1. The molecule has 1 aliphatic carbocycles. The fourth-order valence-corrected chi connectivity index (χ4v) is 2.57. The van der Waals surface area contributed by atoms with Crippen LogP contribution in [0.2, 0.25) is 0 Å². The molecule has 0 aromatic carbocycles. The molecule has 1 atom stereocenters. The largest absolute Gasteiger partial charge is 0.313 e. The van der Waals surface area contributed by atoms with Crippen LogP contribution in [0.3, 0.4) is 0 Å². The van der Waals surface area contributed by atoms with Crippen LogP contribution in [0, 0.1) is 0 Å². The molecule has 2 aliphatic rings. The Bertz CT molecular complexity index is 344. The van der Waals surface area contributed by atoms with Crippen molar-refractivity contribution in [2.45, 2.75) is 44.3 Å². The van der Waals surface area contributed by atoms with Gasteiger partial charge in [0.05, 0.1) is 6.54 Å². The Morgan fingerprint density at radius 1 is 1.24 bits per heavy atom. The maximum absolute atomic E-state index is 4.33. The second kappa shape index (κ2) is 5.10. The Kier molecular flexibility index (Phi) is 3.34. The van der Waals surface area contributed by atoms with Crippen molar-refractivity contribution in [1.29, 1.82) is 0 Å². The predicted octanol–water partition coefficient (Wildman–Crippen LogP) is 1.19. The molecular weight excluding hydrogens is 212 g/mol. The second-order valence-electron chi connectivity index (χ2n) is 5.12. The van der Waals surface area contributed by atoms with Gasteiger partial charge in [-0.15, -0.1) is 0 Å². The zero-order valence-electron chi connectivity index (χ0n) is 10.2. The highest BCUT2D eigenvalue weighted by Crippen LogP contribution is 2.28. The van der Waals surface area contributed by atoms with E-state index in [-0.39, 0.29) is 0 Å². The fourth-order valence-electron chi connectivity index (χ4n) is 2.57. The molecule has 0 bridgehead atoms. The Morgan fingerprint density at radius 2 is 2.06 bits per heavy atom. The van der Waals surface area contributed by atoms with Crippen LogP contribution >= 0.6 is 0 Å². The highest BCUT2D eigenvalue weighted by molar-refractivity contribution is 4.94. The number of nitrogens with zero attached hydrogens (tertiary/aromatic N) is 3. The van der Waals surface area contributed by atoms with Crippen molar-refractivity contribution in [1.82, 2.24) is 20.2 Å². The van der Waals surface area contributed by atoms with Crippen LogP contribution in [0.25, 0.3) is 0 Å². The quantitative estimate of drug-likeness (QED) is 0.828. The van der Waals surface area contributed by atoms with Crippen molar-refractivity contribution < 1.29 is 0 Å². The zero-order chi connectivity index (χ0) is 11.5. The van der Waals surface area contributed by atoms with Gasteiger partial charge in [0.1, 0.15) is 5.82 Å². The van der Waals surface area contributed by atoms with Gasteiger partial charge in [-0.25, -0.2) is 9.97 Å². The molecule has 4 nitrogen and oxygen atoms in total. The van der Waals surface area contributed by atoms with E-state index in [1.54, 1.807) is 0 Å². The van der Waals surface area contributed by atoms with Crippen molar-refractivity contribution >= 4 is 0 Å². The number of aromatic nitrogens is 2. The van der Waals surface area contributed by atoms with Crippen molar-refractivity contribution in [2.24, 2.45) is 0 Å². The van der Waals surface area contributed by atoms with Gasteiger partial charge in [0.25, 0.3) is 0 Å². The molecule has 1 saturated carbocycles. The summed E-state index contributed by atoms with van der Waals surface area (Å²) in [6.07, 6.45) is 9.01. The van der Waals surface area contributed by atoms with Gasteiger partial charge in [0.15, 0.2) is 0 Å². The van der Waals surface area contributed by atoms with Gasteiger partial charge in [-0.3, -0.25) is 4.90 Å². The molecule has 1 saturated heterocycles. The Labute approximate surface area is 102 Å². The highest BCUT2D eigenvalue weighted by Gasteiger charge is 2.31. The van der Waals surface area contributed by atoms with Crippen LogP contribution in [0.4, 0.5) is 0 Å². The smallest absolute Gasteiger partial charge is 0.142 e. The molecule has 1 N–H and O–H groups in total. The lowest BCUT2D eigenvalue weighted by atomic mass is 10.2. The topological polar surface area (TPSA) is 41.1 Å². The molecular formula is C13H20N4. The van der Waals surface area contributed by atoms with Crippen LogP contribution in [-0.4, -0.2) is 40.0 Å². The molecule has 1 unspecified atom stereocenters. The van der Waals surface area contributed by atoms with E-state index in [0.717, 1.165) is 25.0 Å². The van der Waals surface area contributed by atoms with Crippen LogP contribution < -0.4 is 5.32 Å². The summed E-state index contributed by atoms with van der Waals surface area (Å²) in [5, 5.41) is 3.57. The minimum atomic E-state index is 0.680. The molecule has 92 valence electrons. The van der Waals surface area contributed by atoms with Crippen molar-refractivity contribution in [3.63, 3.8) is 0 Å². The van der Waals surface area contributed by atoms with E-state index in [4.69, 9.17) is 0 Å². The molecule has 0 radical (unpaired) electrons. The molecule has 0 amide bonds. The summed E-state index contributed by atoms with van der Waals surface area (Å²) in [7, 11) is 0.